The summed E-state index contributed by atoms with van der Waals surface area (Å²) in [6.45, 7) is 4.60. The summed E-state index contributed by atoms with van der Waals surface area (Å²) < 4.78 is 0. The summed E-state index contributed by atoms with van der Waals surface area (Å²) in [5.41, 5.74) is 2.37. The van der Waals surface area contributed by atoms with Crippen molar-refractivity contribution in [2.45, 2.75) is 57.8 Å². The van der Waals surface area contributed by atoms with Crippen LogP contribution in [0.1, 0.15) is 43.7 Å². The number of amides is 2. The van der Waals surface area contributed by atoms with Crippen LogP contribution in [0.2, 0.25) is 0 Å². The van der Waals surface area contributed by atoms with E-state index in [9.17, 15) is 9.90 Å². The smallest absolute Gasteiger partial charge is 0.315 e. The highest BCUT2D eigenvalue weighted by molar-refractivity contribution is 5.74. The van der Waals surface area contributed by atoms with Crippen LogP contribution in [0.4, 0.5) is 4.79 Å². The highest BCUT2D eigenvalue weighted by Crippen LogP contribution is 2.18. The zero-order valence-corrected chi connectivity index (χ0v) is 14.2. The van der Waals surface area contributed by atoms with Gasteiger partial charge in [-0.05, 0) is 50.4 Å². The summed E-state index contributed by atoms with van der Waals surface area (Å²) >= 11 is 0. The highest BCUT2D eigenvalue weighted by atomic mass is 16.3. The molecule has 1 aromatic rings. The fourth-order valence-electron chi connectivity index (χ4n) is 2.90. The molecule has 0 aromatic heterocycles. The van der Waals surface area contributed by atoms with Gasteiger partial charge < -0.3 is 20.6 Å². The number of benzene rings is 1. The molecule has 1 saturated carbocycles. The second-order valence-corrected chi connectivity index (χ2v) is 6.48. The highest BCUT2D eigenvalue weighted by Gasteiger charge is 2.20. The van der Waals surface area contributed by atoms with Crippen LogP contribution < -0.4 is 10.6 Å². The minimum Gasteiger partial charge on any atom is -0.393 e. The molecule has 1 fully saturated rings. The number of nitrogens with one attached hydrogen (secondary N) is 2. The maximum absolute atomic E-state index is 12.0. The normalized spacial score (nSPS) is 21.2. The maximum Gasteiger partial charge on any atom is 0.315 e. The lowest BCUT2D eigenvalue weighted by molar-refractivity contribution is 0.117. The number of rotatable bonds is 6. The maximum atomic E-state index is 12.0. The third-order valence-corrected chi connectivity index (χ3v) is 4.47. The fraction of sp³-hybridized carbons (Fsp3) is 0.611. The number of urea groups is 1. The van der Waals surface area contributed by atoms with Crippen LogP contribution in [0, 0.1) is 0 Å². The van der Waals surface area contributed by atoms with E-state index >= 15 is 0 Å². The summed E-state index contributed by atoms with van der Waals surface area (Å²) in [7, 11) is 2.10. The van der Waals surface area contributed by atoms with Gasteiger partial charge in [-0.1, -0.05) is 31.2 Å². The van der Waals surface area contributed by atoms with Crippen molar-refractivity contribution in [3.63, 3.8) is 0 Å². The first-order valence-corrected chi connectivity index (χ1v) is 8.55. The Morgan fingerprint density at radius 2 is 1.96 bits per heavy atom. The van der Waals surface area contributed by atoms with Crippen molar-refractivity contribution >= 4 is 6.03 Å². The minimum absolute atomic E-state index is 0.123. The number of nitrogens with zero attached hydrogens (tertiary/aromatic N) is 1. The van der Waals surface area contributed by atoms with Gasteiger partial charge in [-0.2, -0.15) is 0 Å². The molecule has 128 valence electrons. The summed E-state index contributed by atoms with van der Waals surface area (Å²) in [6, 6.07) is 8.39. The molecule has 1 aliphatic rings. The van der Waals surface area contributed by atoms with Crippen LogP contribution in [-0.4, -0.2) is 41.8 Å². The molecule has 23 heavy (non-hydrogen) atoms. The van der Waals surface area contributed by atoms with Crippen molar-refractivity contribution in [3.05, 3.63) is 35.4 Å². The monoisotopic (exact) mass is 319 g/mol. The van der Waals surface area contributed by atoms with Crippen LogP contribution in [0.25, 0.3) is 0 Å². The van der Waals surface area contributed by atoms with Crippen LogP contribution in [0.3, 0.4) is 0 Å². The van der Waals surface area contributed by atoms with Crippen molar-refractivity contribution in [2.24, 2.45) is 0 Å². The molecule has 3 N–H and O–H groups in total. The van der Waals surface area contributed by atoms with E-state index in [0.29, 0.717) is 6.54 Å². The predicted octanol–water partition coefficient (Wildman–Crippen LogP) is 2.24. The molecule has 0 heterocycles. The number of hydrogen-bond acceptors (Lipinski definition) is 3. The lowest BCUT2D eigenvalue weighted by Crippen LogP contribution is -2.43. The number of carbonyl (C=O) groups is 1. The third kappa shape index (κ3) is 6.20. The number of carbonyl (C=O) groups excluding carboxylic acids is 1. The van der Waals surface area contributed by atoms with Crippen molar-refractivity contribution in [1.82, 2.24) is 15.5 Å². The van der Waals surface area contributed by atoms with Gasteiger partial charge >= 0.3 is 6.03 Å². The zero-order chi connectivity index (χ0) is 16.7. The van der Waals surface area contributed by atoms with Crippen molar-refractivity contribution in [3.8, 4) is 0 Å². The molecule has 5 nitrogen and oxygen atoms in total. The fourth-order valence-corrected chi connectivity index (χ4v) is 2.90. The summed E-state index contributed by atoms with van der Waals surface area (Å²) in [5, 5.41) is 15.4. The molecule has 0 saturated heterocycles. The lowest BCUT2D eigenvalue weighted by atomic mass is 9.93. The Kier molecular flexibility index (Phi) is 6.86. The van der Waals surface area contributed by atoms with Gasteiger partial charge in [0, 0.05) is 19.1 Å². The van der Waals surface area contributed by atoms with Crippen LogP contribution in [0.5, 0.6) is 0 Å². The van der Waals surface area contributed by atoms with E-state index < -0.39 is 0 Å². The van der Waals surface area contributed by atoms with Crippen LogP contribution >= 0.6 is 0 Å². The van der Waals surface area contributed by atoms with E-state index in [2.05, 4.69) is 41.6 Å². The quantitative estimate of drug-likeness (QED) is 0.753. The van der Waals surface area contributed by atoms with Gasteiger partial charge in [0.15, 0.2) is 0 Å². The molecule has 2 rings (SSSR count). The first-order chi connectivity index (χ1) is 11.1. The van der Waals surface area contributed by atoms with Gasteiger partial charge in [-0.3, -0.25) is 0 Å². The largest absolute Gasteiger partial charge is 0.393 e. The number of aliphatic hydroxyl groups excluding tert-OH is 1. The minimum atomic E-state index is -0.194. The average molecular weight is 319 g/mol. The van der Waals surface area contributed by atoms with Crippen molar-refractivity contribution in [1.29, 1.82) is 0 Å². The molecule has 0 radical (unpaired) electrons. The lowest BCUT2D eigenvalue weighted by Gasteiger charge is -2.26. The van der Waals surface area contributed by atoms with Gasteiger partial charge in [-0.15, -0.1) is 0 Å². The van der Waals surface area contributed by atoms with Crippen LogP contribution in [-0.2, 0) is 13.1 Å². The first-order valence-electron chi connectivity index (χ1n) is 8.55. The van der Waals surface area contributed by atoms with Gasteiger partial charge in [0.05, 0.1) is 6.10 Å². The Morgan fingerprint density at radius 3 is 2.65 bits per heavy atom. The Bertz CT molecular complexity index is 499. The standard InChI is InChI=1S/C18H29N3O2/c1-3-21(2)13-15-6-4-5-14(11-15)12-19-18(23)20-16-7-9-17(22)10-8-16/h4-6,11,16-17,22H,3,7-10,12-13H2,1-2H3,(H2,19,20,23). The first kappa shape index (κ1) is 17.8. The Labute approximate surface area is 139 Å². The molecule has 0 spiro atoms. The average Bonchev–Trinajstić information content (AvgIpc) is 2.55. The van der Waals surface area contributed by atoms with E-state index in [0.717, 1.165) is 44.3 Å². The van der Waals surface area contributed by atoms with Crippen molar-refractivity contribution in [2.75, 3.05) is 13.6 Å². The molecular weight excluding hydrogens is 290 g/mol. The Morgan fingerprint density at radius 1 is 1.26 bits per heavy atom. The molecule has 5 heteroatoms. The van der Waals surface area contributed by atoms with Crippen molar-refractivity contribution < 1.29 is 9.90 Å². The van der Waals surface area contributed by atoms with E-state index in [1.807, 2.05) is 12.1 Å². The zero-order valence-electron chi connectivity index (χ0n) is 14.2. The van der Waals surface area contributed by atoms with Gasteiger partial charge in [-0.25, -0.2) is 4.79 Å². The molecule has 1 aliphatic carbocycles. The SMILES string of the molecule is CCN(C)Cc1cccc(CNC(=O)NC2CCC(O)CC2)c1. The summed E-state index contributed by atoms with van der Waals surface area (Å²) in [6.07, 6.45) is 3.07. The topological polar surface area (TPSA) is 64.6 Å². The van der Waals surface area contributed by atoms with E-state index in [-0.39, 0.29) is 18.2 Å². The van der Waals surface area contributed by atoms with E-state index in [1.165, 1.54) is 5.56 Å². The van der Waals surface area contributed by atoms with Gasteiger partial charge in [0.2, 0.25) is 0 Å². The molecule has 1 aromatic carbocycles. The molecule has 0 aliphatic heterocycles. The summed E-state index contributed by atoms with van der Waals surface area (Å²) in [4.78, 5) is 14.2. The second-order valence-electron chi connectivity index (χ2n) is 6.48. The van der Waals surface area contributed by atoms with Gasteiger partial charge in [0.1, 0.15) is 0 Å². The number of aliphatic hydroxyl groups is 1. The molecule has 2 amide bonds. The Hall–Kier alpha value is -1.59. The van der Waals surface area contributed by atoms with Gasteiger partial charge in [0.25, 0.3) is 0 Å². The molecule has 0 bridgehead atoms. The molecular formula is C18H29N3O2. The predicted molar refractivity (Wildman–Crippen MR) is 92.1 cm³/mol. The van der Waals surface area contributed by atoms with E-state index in [4.69, 9.17) is 0 Å². The van der Waals surface area contributed by atoms with E-state index in [1.54, 1.807) is 0 Å². The summed E-state index contributed by atoms with van der Waals surface area (Å²) in [5.74, 6) is 0. The molecule has 0 atom stereocenters. The van der Waals surface area contributed by atoms with Crippen LogP contribution in [0.15, 0.2) is 24.3 Å². The second kappa shape index (κ2) is 8.89. The third-order valence-electron chi connectivity index (χ3n) is 4.47. The number of hydrogen-bond donors (Lipinski definition) is 3. The Balaban J connectivity index is 1.76. The molecule has 0 unspecified atom stereocenters.